The largest absolute Gasteiger partial charge is 0.497 e. The number of methoxy groups -OCH3 is 2. The lowest BCUT2D eigenvalue weighted by molar-refractivity contribution is 0.391. The highest BCUT2D eigenvalue weighted by molar-refractivity contribution is 6.30. The summed E-state index contributed by atoms with van der Waals surface area (Å²) < 4.78 is 10.5. The summed E-state index contributed by atoms with van der Waals surface area (Å²) in [6.07, 6.45) is 1.46. The molecule has 6 nitrogen and oxygen atoms in total. The third-order valence-corrected chi connectivity index (χ3v) is 3.05. The number of benzene rings is 1. The Hall–Kier alpha value is -2.52. The van der Waals surface area contributed by atoms with Gasteiger partial charge in [0.2, 0.25) is 0 Å². The second kappa shape index (κ2) is 6.77. The number of ether oxygens (including phenoxy) is 2. The van der Waals surface area contributed by atoms with Crippen LogP contribution in [0.25, 0.3) is 0 Å². The maximum atomic E-state index is 8.75. The first-order valence-electron chi connectivity index (χ1n) is 6.05. The van der Waals surface area contributed by atoms with E-state index in [4.69, 9.17) is 26.3 Å². The minimum atomic E-state index is 0.0733. The first-order chi connectivity index (χ1) is 10.2. The van der Waals surface area contributed by atoms with Crippen molar-refractivity contribution in [3.8, 4) is 17.6 Å². The lowest BCUT2D eigenvalue weighted by Crippen LogP contribution is -2.04. The molecule has 21 heavy (non-hydrogen) atoms. The minimum absolute atomic E-state index is 0.0733. The Labute approximate surface area is 127 Å². The maximum absolute atomic E-state index is 8.75. The molecule has 0 unspecified atom stereocenters. The van der Waals surface area contributed by atoms with Crippen LogP contribution in [0.3, 0.4) is 0 Å². The normalized spacial score (nSPS) is 9.81. The Morgan fingerprint density at radius 3 is 2.76 bits per heavy atom. The van der Waals surface area contributed by atoms with Crippen molar-refractivity contribution in [2.24, 2.45) is 0 Å². The molecule has 0 spiro atoms. The summed E-state index contributed by atoms with van der Waals surface area (Å²) in [6.45, 7) is 0.476. The molecule has 0 radical (unpaired) electrons. The van der Waals surface area contributed by atoms with E-state index in [-0.39, 0.29) is 10.8 Å². The number of aromatic nitrogens is 2. The van der Waals surface area contributed by atoms with Gasteiger partial charge in [0.1, 0.15) is 23.4 Å². The fraction of sp³-hybridized carbons (Fsp3) is 0.214. The van der Waals surface area contributed by atoms with Crippen LogP contribution < -0.4 is 14.8 Å². The molecule has 108 valence electrons. The van der Waals surface area contributed by atoms with Crippen molar-refractivity contribution < 1.29 is 9.47 Å². The Morgan fingerprint density at radius 2 is 2.14 bits per heavy atom. The van der Waals surface area contributed by atoms with Crippen molar-refractivity contribution in [1.29, 1.82) is 5.26 Å². The molecule has 2 aromatic rings. The van der Waals surface area contributed by atoms with Gasteiger partial charge < -0.3 is 14.8 Å². The number of rotatable bonds is 5. The number of hydrogen-bond donors (Lipinski definition) is 1. The monoisotopic (exact) mass is 304 g/mol. The Bertz CT molecular complexity index is 685. The van der Waals surface area contributed by atoms with E-state index >= 15 is 0 Å². The minimum Gasteiger partial charge on any atom is -0.497 e. The number of nitrogens with zero attached hydrogens (tertiary/aromatic N) is 3. The zero-order valence-corrected chi connectivity index (χ0v) is 12.3. The van der Waals surface area contributed by atoms with E-state index < -0.39 is 0 Å². The summed E-state index contributed by atoms with van der Waals surface area (Å²) in [5, 5.41) is 11.9. The molecular weight excluding hydrogens is 292 g/mol. The average Bonchev–Trinajstić information content (AvgIpc) is 2.52. The van der Waals surface area contributed by atoms with Crippen molar-refractivity contribution in [2.45, 2.75) is 6.54 Å². The standard InChI is InChI=1S/C14H13ClN4O2/c1-20-10-4-3-9(12(5-10)21-2)7-18-13-8-17-11(6-16)14(15)19-13/h3-5,8H,7H2,1-2H3,(H,18,19). The van der Waals surface area contributed by atoms with Crippen LogP contribution in [0.4, 0.5) is 5.82 Å². The first-order valence-corrected chi connectivity index (χ1v) is 6.43. The number of anilines is 1. The summed E-state index contributed by atoms with van der Waals surface area (Å²) in [6, 6.07) is 7.40. The highest BCUT2D eigenvalue weighted by atomic mass is 35.5. The van der Waals surface area contributed by atoms with Crippen LogP contribution >= 0.6 is 11.6 Å². The van der Waals surface area contributed by atoms with Crippen LogP contribution in [-0.4, -0.2) is 24.2 Å². The zero-order chi connectivity index (χ0) is 15.2. The molecule has 2 rings (SSSR count). The average molecular weight is 305 g/mol. The second-order valence-electron chi connectivity index (χ2n) is 4.04. The highest BCUT2D eigenvalue weighted by Gasteiger charge is 2.07. The Kier molecular flexibility index (Phi) is 4.80. The first kappa shape index (κ1) is 14.9. The molecule has 1 aromatic heterocycles. The predicted molar refractivity (Wildman–Crippen MR) is 78.6 cm³/mol. The molecule has 1 aromatic carbocycles. The van der Waals surface area contributed by atoms with Crippen LogP contribution in [-0.2, 0) is 6.54 Å². The molecule has 1 heterocycles. The van der Waals surface area contributed by atoms with Gasteiger partial charge in [-0.25, -0.2) is 9.97 Å². The molecule has 0 amide bonds. The second-order valence-corrected chi connectivity index (χ2v) is 4.40. The zero-order valence-electron chi connectivity index (χ0n) is 11.6. The van der Waals surface area contributed by atoms with Gasteiger partial charge in [-0.05, 0) is 12.1 Å². The maximum Gasteiger partial charge on any atom is 0.178 e. The summed E-state index contributed by atoms with van der Waals surface area (Å²) in [4.78, 5) is 7.96. The van der Waals surface area contributed by atoms with E-state index in [2.05, 4.69) is 15.3 Å². The predicted octanol–water partition coefficient (Wildman–Crippen LogP) is 2.63. The molecule has 0 aliphatic heterocycles. The summed E-state index contributed by atoms with van der Waals surface area (Å²) in [5.41, 5.74) is 1.03. The van der Waals surface area contributed by atoms with E-state index in [1.54, 1.807) is 20.3 Å². The molecule has 0 bridgehead atoms. The van der Waals surface area contributed by atoms with Gasteiger partial charge in [0, 0.05) is 18.2 Å². The van der Waals surface area contributed by atoms with Crippen molar-refractivity contribution in [2.75, 3.05) is 19.5 Å². The van der Waals surface area contributed by atoms with Gasteiger partial charge in [-0.2, -0.15) is 5.26 Å². The van der Waals surface area contributed by atoms with Crippen molar-refractivity contribution in [3.63, 3.8) is 0 Å². The van der Waals surface area contributed by atoms with Crippen molar-refractivity contribution in [1.82, 2.24) is 9.97 Å². The summed E-state index contributed by atoms with van der Waals surface area (Å²) in [7, 11) is 3.19. The summed E-state index contributed by atoms with van der Waals surface area (Å²) in [5.74, 6) is 1.91. The highest BCUT2D eigenvalue weighted by Crippen LogP contribution is 2.25. The Morgan fingerprint density at radius 1 is 1.33 bits per heavy atom. The molecule has 0 fully saturated rings. The molecule has 0 aliphatic carbocycles. The number of nitrogens with one attached hydrogen (secondary N) is 1. The Balaban J connectivity index is 2.13. The molecule has 1 N–H and O–H groups in total. The van der Waals surface area contributed by atoms with Crippen molar-refractivity contribution in [3.05, 3.63) is 40.8 Å². The van der Waals surface area contributed by atoms with Crippen LogP contribution in [0.15, 0.2) is 24.4 Å². The third kappa shape index (κ3) is 3.52. The molecule has 0 aliphatic rings. The topological polar surface area (TPSA) is 80.1 Å². The van der Waals surface area contributed by atoms with Crippen molar-refractivity contribution >= 4 is 17.4 Å². The van der Waals surface area contributed by atoms with E-state index in [0.717, 1.165) is 11.3 Å². The summed E-state index contributed by atoms with van der Waals surface area (Å²) >= 11 is 5.83. The SMILES string of the molecule is COc1ccc(CNc2cnc(C#N)c(Cl)n2)c(OC)c1. The quantitative estimate of drug-likeness (QED) is 0.914. The third-order valence-electron chi connectivity index (χ3n) is 2.79. The van der Waals surface area contributed by atoms with Gasteiger partial charge in [0.15, 0.2) is 10.8 Å². The van der Waals surface area contributed by atoms with Gasteiger partial charge in [-0.15, -0.1) is 0 Å². The number of halogens is 1. The van der Waals surface area contributed by atoms with Gasteiger partial charge in [0.05, 0.1) is 20.4 Å². The molecule has 0 saturated carbocycles. The molecule has 0 saturated heterocycles. The fourth-order valence-electron chi connectivity index (χ4n) is 1.71. The lowest BCUT2D eigenvalue weighted by atomic mass is 10.2. The van der Waals surface area contributed by atoms with Crippen LogP contribution in [0, 0.1) is 11.3 Å². The van der Waals surface area contributed by atoms with Crippen LogP contribution in [0.5, 0.6) is 11.5 Å². The van der Waals surface area contributed by atoms with Gasteiger partial charge in [0.25, 0.3) is 0 Å². The van der Waals surface area contributed by atoms with Gasteiger partial charge in [-0.1, -0.05) is 11.6 Å². The molecular formula is C14H13ClN4O2. The molecule has 0 atom stereocenters. The lowest BCUT2D eigenvalue weighted by Gasteiger charge is -2.11. The van der Waals surface area contributed by atoms with Gasteiger partial charge in [-0.3, -0.25) is 0 Å². The fourth-order valence-corrected chi connectivity index (χ4v) is 1.89. The molecule has 7 heteroatoms. The van der Waals surface area contributed by atoms with E-state index in [1.807, 2.05) is 18.2 Å². The van der Waals surface area contributed by atoms with E-state index in [9.17, 15) is 0 Å². The number of nitriles is 1. The van der Waals surface area contributed by atoms with Gasteiger partial charge >= 0.3 is 0 Å². The number of hydrogen-bond acceptors (Lipinski definition) is 6. The van der Waals surface area contributed by atoms with Crippen LogP contribution in [0.2, 0.25) is 5.15 Å². The smallest absolute Gasteiger partial charge is 0.178 e. The van der Waals surface area contributed by atoms with E-state index in [1.165, 1.54) is 6.20 Å². The van der Waals surface area contributed by atoms with E-state index in [0.29, 0.717) is 18.1 Å². The van der Waals surface area contributed by atoms with Crippen LogP contribution in [0.1, 0.15) is 11.3 Å².